The molecule has 0 aromatic heterocycles. The summed E-state index contributed by atoms with van der Waals surface area (Å²) < 4.78 is 0. The summed E-state index contributed by atoms with van der Waals surface area (Å²) in [4.78, 5) is 6.82. The zero-order valence-electron chi connectivity index (χ0n) is 10.5. The molecule has 1 rings (SSSR count). The minimum Gasteiger partial charge on any atom is -0.394 e. The van der Waals surface area contributed by atoms with Crippen molar-refractivity contribution in [1.29, 1.82) is 5.41 Å². The van der Waals surface area contributed by atoms with Gasteiger partial charge in [-0.3, -0.25) is 4.99 Å². The van der Waals surface area contributed by atoms with Crippen LogP contribution in [0.3, 0.4) is 0 Å². The van der Waals surface area contributed by atoms with Crippen molar-refractivity contribution in [1.82, 2.24) is 10.2 Å². The van der Waals surface area contributed by atoms with E-state index in [2.05, 4.69) is 21.3 Å². The van der Waals surface area contributed by atoms with Gasteiger partial charge in [-0.2, -0.15) is 0 Å². The number of piperidine rings is 1. The van der Waals surface area contributed by atoms with Gasteiger partial charge in [0.2, 0.25) is 0 Å². The molecule has 1 fully saturated rings. The lowest BCUT2D eigenvalue weighted by Gasteiger charge is -2.29. The van der Waals surface area contributed by atoms with Gasteiger partial charge in [0, 0.05) is 32.1 Å². The van der Waals surface area contributed by atoms with Gasteiger partial charge in [0.05, 0.1) is 6.54 Å². The highest BCUT2D eigenvalue weighted by atomic mass is 32.2. The molecular weight excluding hydrogens is 232 g/mol. The van der Waals surface area contributed by atoms with Crippen molar-refractivity contribution >= 4 is 23.1 Å². The monoisotopic (exact) mass is 254 g/mol. The second-order valence-corrected chi connectivity index (χ2v) is 4.86. The van der Waals surface area contributed by atoms with Crippen LogP contribution < -0.4 is 5.32 Å². The lowest BCUT2D eigenvalue weighted by Crippen LogP contribution is -2.34. The van der Waals surface area contributed by atoms with Crippen molar-refractivity contribution in [3.05, 3.63) is 12.3 Å². The zero-order chi connectivity index (χ0) is 12.3. The number of rotatable bonds is 5. The number of likely N-dealkylation sites (tertiary alicyclic amines) is 1. The SMILES string of the molecule is CN/C=C/CSC(=NCC=N)N1CCCCC1. The zero-order valence-corrected chi connectivity index (χ0v) is 11.3. The molecule has 0 saturated carbocycles. The van der Waals surface area contributed by atoms with E-state index >= 15 is 0 Å². The fourth-order valence-electron chi connectivity index (χ4n) is 1.73. The molecule has 0 aromatic carbocycles. The van der Waals surface area contributed by atoms with E-state index in [0.717, 1.165) is 24.0 Å². The molecule has 0 radical (unpaired) electrons. The van der Waals surface area contributed by atoms with Crippen LogP contribution in [0.1, 0.15) is 19.3 Å². The summed E-state index contributed by atoms with van der Waals surface area (Å²) in [7, 11) is 1.90. The van der Waals surface area contributed by atoms with Crippen molar-refractivity contribution in [2.24, 2.45) is 4.99 Å². The average Bonchev–Trinajstić information content (AvgIpc) is 2.39. The van der Waals surface area contributed by atoms with Gasteiger partial charge in [-0.15, -0.1) is 0 Å². The number of aliphatic imine (C=N–C) groups is 1. The van der Waals surface area contributed by atoms with E-state index in [9.17, 15) is 0 Å². The van der Waals surface area contributed by atoms with Gasteiger partial charge in [0.15, 0.2) is 5.17 Å². The summed E-state index contributed by atoms with van der Waals surface area (Å²) in [6, 6.07) is 0. The fourth-order valence-corrected chi connectivity index (χ4v) is 2.61. The quantitative estimate of drug-likeness (QED) is 0.582. The maximum atomic E-state index is 7.07. The number of nitrogens with one attached hydrogen (secondary N) is 2. The molecule has 0 unspecified atom stereocenters. The molecule has 0 aliphatic carbocycles. The molecule has 0 aromatic rings. The standard InChI is InChI=1S/C12H22N4S/c1-14-7-5-11-17-12(15-8-6-13)16-9-3-2-4-10-16/h5-7,13-14H,2-4,8-11H2,1H3/b7-5+,13-6?,15-12?. The molecule has 1 aliphatic rings. The minimum absolute atomic E-state index is 0.495. The van der Waals surface area contributed by atoms with Crippen LogP contribution in [-0.2, 0) is 0 Å². The Morgan fingerprint density at radius 2 is 2.18 bits per heavy atom. The molecular formula is C12H22N4S. The van der Waals surface area contributed by atoms with Crippen LogP contribution in [0, 0.1) is 5.41 Å². The van der Waals surface area contributed by atoms with Crippen LogP contribution in [-0.4, -0.2) is 48.7 Å². The molecule has 1 heterocycles. The van der Waals surface area contributed by atoms with Gasteiger partial charge in [-0.05, 0) is 25.5 Å². The summed E-state index contributed by atoms with van der Waals surface area (Å²) in [5.74, 6) is 0.925. The van der Waals surface area contributed by atoms with Crippen LogP contribution >= 0.6 is 11.8 Å². The van der Waals surface area contributed by atoms with Crippen molar-refractivity contribution < 1.29 is 0 Å². The summed E-state index contributed by atoms with van der Waals surface area (Å²) in [5, 5.41) is 11.1. The highest BCUT2D eigenvalue weighted by molar-refractivity contribution is 8.13. The van der Waals surface area contributed by atoms with Crippen LogP contribution in [0.25, 0.3) is 0 Å². The van der Waals surface area contributed by atoms with Crippen LogP contribution in [0.5, 0.6) is 0 Å². The van der Waals surface area contributed by atoms with Crippen molar-refractivity contribution in [2.75, 3.05) is 32.4 Å². The molecule has 1 aliphatic heterocycles. The van der Waals surface area contributed by atoms with Gasteiger partial charge in [0.1, 0.15) is 0 Å². The van der Waals surface area contributed by atoms with Gasteiger partial charge in [-0.25, -0.2) is 0 Å². The Hall–Kier alpha value is -0.970. The van der Waals surface area contributed by atoms with Crippen LogP contribution in [0.4, 0.5) is 0 Å². The number of hydrogen-bond donors (Lipinski definition) is 2. The van der Waals surface area contributed by atoms with E-state index < -0.39 is 0 Å². The Kier molecular flexibility index (Phi) is 7.54. The third-order valence-corrected chi connectivity index (χ3v) is 3.54. The normalized spacial score (nSPS) is 17.5. The van der Waals surface area contributed by atoms with Gasteiger partial charge >= 0.3 is 0 Å². The number of amidine groups is 1. The highest BCUT2D eigenvalue weighted by Crippen LogP contribution is 2.16. The third kappa shape index (κ3) is 5.77. The van der Waals surface area contributed by atoms with Crippen LogP contribution in [0.2, 0.25) is 0 Å². The van der Waals surface area contributed by atoms with E-state index in [1.165, 1.54) is 25.5 Å². The smallest absolute Gasteiger partial charge is 0.159 e. The molecule has 96 valence electrons. The van der Waals surface area contributed by atoms with Gasteiger partial charge in [0.25, 0.3) is 0 Å². The average molecular weight is 254 g/mol. The Labute approximate surface area is 108 Å². The van der Waals surface area contributed by atoms with Crippen LogP contribution in [0.15, 0.2) is 17.3 Å². The Bertz CT molecular complexity index is 270. The number of hydrogen-bond acceptors (Lipinski definition) is 4. The van der Waals surface area contributed by atoms with Crippen molar-refractivity contribution in [3.8, 4) is 0 Å². The summed E-state index contributed by atoms with van der Waals surface area (Å²) in [5.41, 5.74) is 0. The van der Waals surface area contributed by atoms with E-state index in [1.807, 2.05) is 13.2 Å². The second kappa shape index (κ2) is 9.10. The predicted molar refractivity (Wildman–Crippen MR) is 77.2 cm³/mol. The maximum Gasteiger partial charge on any atom is 0.159 e. The number of nitrogens with zero attached hydrogens (tertiary/aromatic N) is 2. The van der Waals surface area contributed by atoms with Gasteiger partial charge < -0.3 is 15.6 Å². The topological polar surface area (TPSA) is 51.5 Å². The van der Waals surface area contributed by atoms with E-state index in [4.69, 9.17) is 5.41 Å². The molecule has 0 atom stereocenters. The molecule has 5 heteroatoms. The van der Waals surface area contributed by atoms with Crippen molar-refractivity contribution in [2.45, 2.75) is 19.3 Å². The van der Waals surface area contributed by atoms with E-state index in [1.54, 1.807) is 11.8 Å². The first kappa shape index (κ1) is 14.1. The van der Waals surface area contributed by atoms with Gasteiger partial charge in [-0.1, -0.05) is 17.8 Å². The molecule has 2 N–H and O–H groups in total. The first-order chi connectivity index (χ1) is 8.38. The maximum absolute atomic E-state index is 7.07. The lowest BCUT2D eigenvalue weighted by atomic mass is 10.1. The largest absolute Gasteiger partial charge is 0.394 e. The second-order valence-electron chi connectivity index (χ2n) is 3.88. The molecule has 0 amide bonds. The Morgan fingerprint density at radius 3 is 2.82 bits per heavy atom. The molecule has 0 spiro atoms. The fraction of sp³-hybridized carbons (Fsp3) is 0.667. The molecule has 1 saturated heterocycles. The summed E-state index contributed by atoms with van der Waals surface area (Å²) in [6.07, 6.45) is 9.24. The first-order valence-electron chi connectivity index (χ1n) is 6.12. The highest BCUT2D eigenvalue weighted by Gasteiger charge is 2.14. The lowest BCUT2D eigenvalue weighted by molar-refractivity contribution is 0.347. The van der Waals surface area contributed by atoms with Crippen molar-refractivity contribution in [3.63, 3.8) is 0 Å². The molecule has 17 heavy (non-hydrogen) atoms. The summed E-state index contributed by atoms with van der Waals surface area (Å²) in [6.45, 7) is 2.72. The Morgan fingerprint density at radius 1 is 1.41 bits per heavy atom. The molecule has 4 nitrogen and oxygen atoms in total. The minimum atomic E-state index is 0.495. The third-order valence-electron chi connectivity index (χ3n) is 2.54. The number of thioether (sulfide) groups is 1. The van der Waals surface area contributed by atoms with E-state index in [-0.39, 0.29) is 0 Å². The molecule has 0 bridgehead atoms. The summed E-state index contributed by atoms with van der Waals surface area (Å²) >= 11 is 1.75. The van der Waals surface area contributed by atoms with E-state index in [0.29, 0.717) is 6.54 Å². The first-order valence-corrected chi connectivity index (χ1v) is 7.10. The predicted octanol–water partition coefficient (Wildman–Crippen LogP) is 1.94. The Balaban J connectivity index is 2.46.